The minimum absolute atomic E-state index is 0.0601. The van der Waals surface area contributed by atoms with Crippen molar-refractivity contribution in [3.8, 4) is 11.3 Å². The van der Waals surface area contributed by atoms with Gasteiger partial charge in [0.1, 0.15) is 5.82 Å². The zero-order valence-corrected chi connectivity index (χ0v) is 15.9. The molecule has 0 fully saturated rings. The van der Waals surface area contributed by atoms with Gasteiger partial charge in [-0.25, -0.2) is 14.4 Å². The fraction of sp³-hybridized carbons (Fsp3) is 0.250. The SMILES string of the molecule is CCCNc1nccc(-c2ccn(C(C)c3ccc(Cl)c(F)c3)c(=O)c2)n1. The molecule has 1 unspecified atom stereocenters. The van der Waals surface area contributed by atoms with Gasteiger partial charge in [0.25, 0.3) is 5.56 Å². The predicted octanol–water partition coefficient (Wildman–Crippen LogP) is 4.53. The van der Waals surface area contributed by atoms with E-state index in [-0.39, 0.29) is 16.6 Å². The van der Waals surface area contributed by atoms with Crippen molar-refractivity contribution < 1.29 is 4.39 Å². The van der Waals surface area contributed by atoms with Crippen molar-refractivity contribution in [2.45, 2.75) is 26.3 Å². The number of anilines is 1. The second-order valence-electron chi connectivity index (χ2n) is 6.20. The van der Waals surface area contributed by atoms with E-state index in [1.807, 2.05) is 13.0 Å². The molecule has 140 valence electrons. The minimum atomic E-state index is -0.501. The van der Waals surface area contributed by atoms with Crippen LogP contribution in [0.4, 0.5) is 10.3 Å². The van der Waals surface area contributed by atoms with Crippen molar-refractivity contribution in [1.29, 1.82) is 0 Å². The van der Waals surface area contributed by atoms with Crippen molar-refractivity contribution in [3.05, 3.63) is 75.5 Å². The van der Waals surface area contributed by atoms with E-state index in [4.69, 9.17) is 11.6 Å². The highest BCUT2D eigenvalue weighted by Gasteiger charge is 2.13. The molecule has 1 aromatic carbocycles. The van der Waals surface area contributed by atoms with Crippen LogP contribution in [-0.2, 0) is 0 Å². The number of hydrogen-bond acceptors (Lipinski definition) is 4. The zero-order chi connectivity index (χ0) is 19.4. The zero-order valence-electron chi connectivity index (χ0n) is 15.1. The van der Waals surface area contributed by atoms with Crippen LogP contribution in [0, 0.1) is 5.82 Å². The first kappa shape index (κ1) is 19.0. The third-order valence-corrected chi connectivity index (χ3v) is 4.58. The maximum Gasteiger partial charge on any atom is 0.251 e. The summed E-state index contributed by atoms with van der Waals surface area (Å²) in [6.07, 6.45) is 4.31. The van der Waals surface area contributed by atoms with Crippen LogP contribution in [0.25, 0.3) is 11.3 Å². The lowest BCUT2D eigenvalue weighted by Crippen LogP contribution is -2.22. The van der Waals surface area contributed by atoms with Gasteiger partial charge in [-0.2, -0.15) is 0 Å². The molecule has 0 aliphatic carbocycles. The van der Waals surface area contributed by atoms with E-state index < -0.39 is 5.82 Å². The molecule has 1 N–H and O–H groups in total. The molecule has 5 nitrogen and oxygen atoms in total. The van der Waals surface area contributed by atoms with Crippen LogP contribution in [-0.4, -0.2) is 21.1 Å². The maximum absolute atomic E-state index is 13.7. The molecule has 2 aromatic heterocycles. The van der Waals surface area contributed by atoms with Gasteiger partial charge in [0.05, 0.1) is 16.8 Å². The molecule has 0 aliphatic heterocycles. The average molecular weight is 387 g/mol. The Morgan fingerprint density at radius 2 is 2.07 bits per heavy atom. The van der Waals surface area contributed by atoms with E-state index in [1.165, 1.54) is 18.2 Å². The number of pyridine rings is 1. The first-order valence-electron chi connectivity index (χ1n) is 8.74. The van der Waals surface area contributed by atoms with Gasteiger partial charge >= 0.3 is 0 Å². The van der Waals surface area contributed by atoms with Gasteiger partial charge in [0.15, 0.2) is 0 Å². The standard InChI is InChI=1S/C20H20ClFN4O/c1-3-8-23-20-24-9-6-18(25-20)15-7-10-26(19(27)12-15)13(2)14-4-5-16(21)17(22)11-14/h4-7,9-13H,3,8H2,1-2H3,(H,23,24,25). The summed E-state index contributed by atoms with van der Waals surface area (Å²) in [5.41, 5.74) is 1.84. The summed E-state index contributed by atoms with van der Waals surface area (Å²) >= 11 is 5.73. The molecule has 0 amide bonds. The first-order chi connectivity index (χ1) is 13.0. The average Bonchev–Trinajstić information content (AvgIpc) is 2.68. The number of nitrogens with zero attached hydrogens (tertiary/aromatic N) is 3. The second-order valence-corrected chi connectivity index (χ2v) is 6.61. The molecule has 0 spiro atoms. The number of rotatable bonds is 6. The minimum Gasteiger partial charge on any atom is -0.354 e. The van der Waals surface area contributed by atoms with Gasteiger partial charge in [0.2, 0.25) is 5.95 Å². The summed E-state index contributed by atoms with van der Waals surface area (Å²) in [5.74, 6) is 0.0299. The molecule has 3 aromatic rings. The monoisotopic (exact) mass is 386 g/mol. The Morgan fingerprint density at radius 3 is 2.78 bits per heavy atom. The number of hydrogen-bond donors (Lipinski definition) is 1. The summed E-state index contributed by atoms with van der Waals surface area (Å²) in [6.45, 7) is 4.67. The lowest BCUT2D eigenvalue weighted by atomic mass is 10.1. The maximum atomic E-state index is 13.7. The van der Waals surface area contributed by atoms with Gasteiger partial charge < -0.3 is 9.88 Å². The van der Waals surface area contributed by atoms with Gasteiger partial charge in [-0.1, -0.05) is 24.6 Å². The summed E-state index contributed by atoms with van der Waals surface area (Å²) in [7, 11) is 0. The Balaban J connectivity index is 1.89. The lowest BCUT2D eigenvalue weighted by molar-refractivity contribution is 0.593. The predicted molar refractivity (Wildman–Crippen MR) is 106 cm³/mol. The topological polar surface area (TPSA) is 59.8 Å². The summed E-state index contributed by atoms with van der Waals surface area (Å²) in [5, 5.41) is 3.19. The Kier molecular flexibility index (Phi) is 5.86. The molecule has 0 bridgehead atoms. The quantitative estimate of drug-likeness (QED) is 0.676. The number of nitrogens with one attached hydrogen (secondary N) is 1. The largest absolute Gasteiger partial charge is 0.354 e. The van der Waals surface area contributed by atoms with Crippen molar-refractivity contribution in [3.63, 3.8) is 0 Å². The lowest BCUT2D eigenvalue weighted by Gasteiger charge is -2.16. The highest BCUT2D eigenvalue weighted by molar-refractivity contribution is 6.30. The molecule has 0 aliphatic rings. The Hall–Kier alpha value is -2.73. The van der Waals surface area contributed by atoms with Crippen molar-refractivity contribution in [2.24, 2.45) is 0 Å². The van der Waals surface area contributed by atoms with Crippen molar-refractivity contribution >= 4 is 17.5 Å². The smallest absolute Gasteiger partial charge is 0.251 e. The Morgan fingerprint density at radius 1 is 1.26 bits per heavy atom. The van der Waals surface area contributed by atoms with Crippen LogP contribution < -0.4 is 10.9 Å². The molecule has 3 rings (SSSR count). The third kappa shape index (κ3) is 4.34. The van der Waals surface area contributed by atoms with Crippen LogP contribution in [0.3, 0.4) is 0 Å². The van der Waals surface area contributed by atoms with Crippen molar-refractivity contribution in [2.75, 3.05) is 11.9 Å². The molecule has 7 heteroatoms. The van der Waals surface area contributed by atoms with Gasteiger partial charge in [-0.15, -0.1) is 0 Å². The number of halogens is 2. The molecular weight excluding hydrogens is 367 g/mol. The van der Waals surface area contributed by atoms with Crippen LogP contribution in [0.2, 0.25) is 5.02 Å². The molecule has 0 radical (unpaired) electrons. The normalized spacial score (nSPS) is 12.0. The van der Waals surface area contributed by atoms with E-state index in [0.717, 1.165) is 13.0 Å². The van der Waals surface area contributed by atoms with Crippen LogP contribution in [0.15, 0.2) is 53.6 Å². The van der Waals surface area contributed by atoms with E-state index in [2.05, 4.69) is 22.2 Å². The fourth-order valence-corrected chi connectivity index (χ4v) is 2.86. The number of benzene rings is 1. The van der Waals surface area contributed by atoms with Gasteiger partial charge in [-0.05, 0) is 43.2 Å². The van der Waals surface area contributed by atoms with E-state index in [1.54, 1.807) is 29.1 Å². The summed E-state index contributed by atoms with van der Waals surface area (Å²) < 4.78 is 15.3. The van der Waals surface area contributed by atoms with Gasteiger partial charge in [-0.3, -0.25) is 4.79 Å². The summed E-state index contributed by atoms with van der Waals surface area (Å²) in [4.78, 5) is 21.2. The Labute approximate surface area is 161 Å². The first-order valence-corrected chi connectivity index (χ1v) is 9.12. The molecule has 1 atom stereocenters. The molecular formula is C20H20ClFN4O. The van der Waals surface area contributed by atoms with Crippen LogP contribution >= 0.6 is 11.6 Å². The molecule has 0 saturated carbocycles. The molecule has 2 heterocycles. The molecule has 27 heavy (non-hydrogen) atoms. The third-order valence-electron chi connectivity index (χ3n) is 4.28. The molecule has 0 saturated heterocycles. The van der Waals surface area contributed by atoms with Crippen molar-refractivity contribution in [1.82, 2.24) is 14.5 Å². The van der Waals surface area contributed by atoms with E-state index in [9.17, 15) is 9.18 Å². The highest BCUT2D eigenvalue weighted by Crippen LogP contribution is 2.23. The van der Waals surface area contributed by atoms with Gasteiger partial charge in [0, 0.05) is 30.6 Å². The van der Waals surface area contributed by atoms with E-state index >= 15 is 0 Å². The second kappa shape index (κ2) is 8.31. The van der Waals surface area contributed by atoms with E-state index in [0.29, 0.717) is 22.8 Å². The van der Waals surface area contributed by atoms with Crippen LogP contribution in [0.1, 0.15) is 31.9 Å². The fourth-order valence-electron chi connectivity index (χ4n) is 2.74. The van der Waals surface area contributed by atoms with Crippen LogP contribution in [0.5, 0.6) is 0 Å². The number of aromatic nitrogens is 3. The Bertz CT molecular complexity index is 1010. The highest BCUT2D eigenvalue weighted by atomic mass is 35.5. The summed E-state index contributed by atoms with van der Waals surface area (Å²) in [6, 6.07) is 9.33.